The average molecular weight is 410 g/mol. The fraction of sp³-hybridized carbons (Fsp3) is 0.458. The number of nitrogens with one attached hydrogen (secondary N) is 2. The smallest absolute Gasteiger partial charge is 0.320 e. The summed E-state index contributed by atoms with van der Waals surface area (Å²) in [5.41, 5.74) is 5.28. The maximum atomic E-state index is 11.7. The van der Waals surface area contributed by atoms with Crippen molar-refractivity contribution in [2.45, 2.75) is 59.5 Å². The van der Waals surface area contributed by atoms with Gasteiger partial charge in [-0.05, 0) is 55.4 Å². The van der Waals surface area contributed by atoms with E-state index in [1.54, 1.807) is 13.1 Å². The van der Waals surface area contributed by atoms with Gasteiger partial charge in [0.15, 0.2) is 0 Å². The van der Waals surface area contributed by atoms with Crippen molar-refractivity contribution in [1.29, 1.82) is 0 Å². The number of hydrogen-bond acceptors (Lipinski definition) is 4. The Morgan fingerprint density at radius 1 is 1.23 bits per heavy atom. The van der Waals surface area contributed by atoms with Crippen LogP contribution in [0.3, 0.4) is 0 Å². The number of H-pyrrole nitrogens is 1. The summed E-state index contributed by atoms with van der Waals surface area (Å²) < 4.78 is 0. The zero-order chi connectivity index (χ0) is 21.8. The molecule has 3 N–H and O–H groups in total. The van der Waals surface area contributed by atoms with Gasteiger partial charge < -0.3 is 15.4 Å². The summed E-state index contributed by atoms with van der Waals surface area (Å²) in [6.07, 6.45) is 4.67. The summed E-state index contributed by atoms with van der Waals surface area (Å²) >= 11 is 0. The van der Waals surface area contributed by atoms with Gasteiger partial charge in [-0.25, -0.2) is 0 Å². The Kier molecular flexibility index (Phi) is 6.87. The lowest BCUT2D eigenvalue weighted by molar-refractivity contribution is -0.139. The number of aromatic nitrogens is 1. The lowest BCUT2D eigenvalue weighted by Crippen LogP contribution is -2.36. The van der Waals surface area contributed by atoms with Crippen LogP contribution < -0.4 is 10.9 Å². The third kappa shape index (κ3) is 5.66. The number of aliphatic carboxylic acids is 1. The molecule has 1 heterocycles. The number of carbonyl (C=O) groups is 1. The van der Waals surface area contributed by atoms with E-state index in [4.69, 9.17) is 4.99 Å². The van der Waals surface area contributed by atoms with Gasteiger partial charge in [0.2, 0.25) is 0 Å². The van der Waals surface area contributed by atoms with Gasteiger partial charge in [0, 0.05) is 23.9 Å². The second-order valence-corrected chi connectivity index (χ2v) is 8.62. The first-order valence-electron chi connectivity index (χ1n) is 10.6. The van der Waals surface area contributed by atoms with Crippen LogP contribution >= 0.6 is 0 Å². The molecule has 0 bridgehead atoms. The molecule has 1 aliphatic carbocycles. The molecule has 1 atom stereocenters. The highest BCUT2D eigenvalue weighted by Gasteiger charge is 2.28. The number of hydrogen-bond donors (Lipinski definition) is 3. The highest BCUT2D eigenvalue weighted by molar-refractivity contribution is 6.03. The van der Waals surface area contributed by atoms with Gasteiger partial charge in [-0.15, -0.1) is 0 Å². The highest BCUT2D eigenvalue weighted by Crippen LogP contribution is 2.33. The fourth-order valence-corrected chi connectivity index (χ4v) is 3.49. The van der Waals surface area contributed by atoms with Gasteiger partial charge in [-0.1, -0.05) is 38.8 Å². The second-order valence-electron chi connectivity index (χ2n) is 8.62. The predicted octanol–water partition coefficient (Wildman–Crippen LogP) is 4.11. The van der Waals surface area contributed by atoms with Gasteiger partial charge in [0.25, 0.3) is 5.56 Å². The van der Waals surface area contributed by atoms with E-state index in [2.05, 4.69) is 24.1 Å². The van der Waals surface area contributed by atoms with E-state index in [9.17, 15) is 14.7 Å². The van der Waals surface area contributed by atoms with Crippen molar-refractivity contribution in [2.24, 2.45) is 16.8 Å². The van der Waals surface area contributed by atoms with Crippen LogP contribution in [0.1, 0.15) is 55.4 Å². The van der Waals surface area contributed by atoms with E-state index in [1.807, 2.05) is 31.2 Å². The Labute approximate surface area is 177 Å². The standard InChI is InChI=1S/C24H31N3O3/c1-14(2)22(19-9-16(4)23(28)26-13-19)27-20-11-18(6-5-15(20)3)12-25-21(24(29)30)10-17-7-8-17/h5-6,9,11,13-14,17,21,25H,7-8,10,12H2,1-4H3,(H,26,28)(H,29,30). The molecule has 1 aromatic heterocycles. The highest BCUT2D eigenvalue weighted by atomic mass is 16.4. The molecule has 30 heavy (non-hydrogen) atoms. The molecule has 0 radical (unpaired) electrons. The molecule has 6 heteroatoms. The molecule has 1 saturated carbocycles. The molecular formula is C24H31N3O3. The maximum Gasteiger partial charge on any atom is 0.320 e. The summed E-state index contributed by atoms with van der Waals surface area (Å²) in [5.74, 6) is -0.0691. The van der Waals surface area contributed by atoms with Gasteiger partial charge in [0.05, 0.1) is 11.4 Å². The molecule has 0 spiro atoms. The number of aromatic amines is 1. The molecule has 2 aromatic rings. The molecule has 1 unspecified atom stereocenters. The van der Waals surface area contributed by atoms with Crippen molar-refractivity contribution in [3.63, 3.8) is 0 Å². The van der Waals surface area contributed by atoms with Crippen molar-refractivity contribution < 1.29 is 9.90 Å². The van der Waals surface area contributed by atoms with Gasteiger partial charge in [-0.2, -0.15) is 0 Å². The first kappa shape index (κ1) is 22.0. The zero-order valence-corrected chi connectivity index (χ0v) is 18.2. The lowest BCUT2D eigenvalue weighted by Gasteiger charge is -2.15. The first-order chi connectivity index (χ1) is 14.2. The third-order valence-electron chi connectivity index (χ3n) is 5.56. The molecule has 1 fully saturated rings. The lowest BCUT2D eigenvalue weighted by atomic mass is 9.99. The van der Waals surface area contributed by atoms with E-state index in [1.165, 1.54) is 0 Å². The van der Waals surface area contributed by atoms with Gasteiger partial charge >= 0.3 is 5.97 Å². The number of carboxylic acid groups (broad SMARTS) is 1. The first-order valence-corrected chi connectivity index (χ1v) is 10.6. The van der Waals surface area contributed by atoms with Crippen LogP contribution in [0.5, 0.6) is 0 Å². The average Bonchev–Trinajstić information content (AvgIpc) is 3.51. The molecule has 6 nitrogen and oxygen atoms in total. The Balaban J connectivity index is 1.84. The van der Waals surface area contributed by atoms with Gasteiger partial charge in [-0.3, -0.25) is 14.6 Å². The van der Waals surface area contributed by atoms with E-state index >= 15 is 0 Å². The number of carboxylic acids is 1. The van der Waals surface area contributed by atoms with Gasteiger partial charge in [0.1, 0.15) is 6.04 Å². The number of benzene rings is 1. The molecule has 3 rings (SSSR count). The van der Waals surface area contributed by atoms with Crippen molar-refractivity contribution in [3.8, 4) is 0 Å². The van der Waals surface area contributed by atoms with Crippen molar-refractivity contribution >= 4 is 17.4 Å². The summed E-state index contributed by atoms with van der Waals surface area (Å²) in [6, 6.07) is 7.40. The largest absolute Gasteiger partial charge is 0.480 e. The summed E-state index contributed by atoms with van der Waals surface area (Å²) in [7, 11) is 0. The van der Waals surface area contributed by atoms with E-state index < -0.39 is 12.0 Å². The molecule has 0 saturated heterocycles. The molecule has 0 aliphatic heterocycles. The number of aryl methyl sites for hydroxylation is 2. The van der Waals surface area contributed by atoms with Crippen LogP contribution in [-0.4, -0.2) is 27.8 Å². The number of pyridine rings is 1. The van der Waals surface area contributed by atoms with E-state index in [0.717, 1.165) is 40.9 Å². The van der Waals surface area contributed by atoms with Crippen LogP contribution in [0.4, 0.5) is 5.69 Å². The normalized spacial score (nSPS) is 15.4. The Hall–Kier alpha value is -2.73. The van der Waals surface area contributed by atoms with Crippen molar-refractivity contribution in [2.75, 3.05) is 0 Å². The van der Waals surface area contributed by atoms with E-state index in [0.29, 0.717) is 24.4 Å². The summed E-state index contributed by atoms with van der Waals surface area (Å²) in [6.45, 7) is 8.45. The van der Waals surface area contributed by atoms with Crippen LogP contribution in [0, 0.1) is 25.7 Å². The maximum absolute atomic E-state index is 11.7. The van der Waals surface area contributed by atoms with Crippen LogP contribution in [-0.2, 0) is 11.3 Å². The predicted molar refractivity (Wildman–Crippen MR) is 120 cm³/mol. The number of rotatable bonds is 9. The minimum absolute atomic E-state index is 0.0923. The number of nitrogens with zero attached hydrogens (tertiary/aromatic N) is 1. The molecule has 1 aromatic carbocycles. The minimum atomic E-state index is -0.789. The quantitative estimate of drug-likeness (QED) is 0.543. The van der Waals surface area contributed by atoms with Crippen LogP contribution in [0.2, 0.25) is 0 Å². The molecular weight excluding hydrogens is 378 g/mol. The summed E-state index contributed by atoms with van der Waals surface area (Å²) in [5, 5.41) is 12.7. The molecule has 160 valence electrons. The molecule has 1 aliphatic rings. The zero-order valence-electron chi connectivity index (χ0n) is 18.2. The van der Waals surface area contributed by atoms with Crippen molar-refractivity contribution in [1.82, 2.24) is 10.3 Å². The topological polar surface area (TPSA) is 94.5 Å². The SMILES string of the molecule is Cc1ccc(CNC(CC2CC2)C(=O)O)cc1N=C(c1c[nH]c(=O)c(C)c1)C(C)C. The summed E-state index contributed by atoms with van der Waals surface area (Å²) in [4.78, 5) is 31.0. The van der Waals surface area contributed by atoms with E-state index in [-0.39, 0.29) is 11.5 Å². The Morgan fingerprint density at radius 3 is 2.57 bits per heavy atom. The number of aliphatic imine (C=N–C) groups is 1. The minimum Gasteiger partial charge on any atom is -0.480 e. The Morgan fingerprint density at radius 2 is 1.97 bits per heavy atom. The molecule has 0 amide bonds. The fourth-order valence-electron chi connectivity index (χ4n) is 3.49. The van der Waals surface area contributed by atoms with Crippen LogP contribution in [0.15, 0.2) is 40.2 Å². The van der Waals surface area contributed by atoms with Crippen LogP contribution in [0.25, 0.3) is 0 Å². The van der Waals surface area contributed by atoms with Crippen molar-refractivity contribution in [3.05, 3.63) is 63.1 Å². The monoisotopic (exact) mass is 409 g/mol. The Bertz CT molecular complexity index is 1000. The second kappa shape index (κ2) is 9.39. The third-order valence-corrected chi connectivity index (χ3v) is 5.56.